The van der Waals surface area contributed by atoms with Gasteiger partial charge in [0, 0.05) is 31.8 Å². The Labute approximate surface area is 195 Å². The number of anilines is 1. The van der Waals surface area contributed by atoms with E-state index in [-0.39, 0.29) is 5.82 Å². The maximum Gasteiger partial charge on any atom is 0.490 e. The monoisotopic (exact) mass is 522 g/mol. The van der Waals surface area contributed by atoms with Gasteiger partial charge in [0.15, 0.2) is 5.82 Å². The van der Waals surface area contributed by atoms with Crippen LogP contribution in [0, 0.1) is 5.82 Å². The Balaban J connectivity index is 0.000000362. The summed E-state index contributed by atoms with van der Waals surface area (Å²) in [6.45, 7) is 2.66. The minimum absolute atomic E-state index is 0.291. The van der Waals surface area contributed by atoms with Crippen LogP contribution in [0.4, 0.5) is 36.7 Å². The fourth-order valence-electron chi connectivity index (χ4n) is 3.77. The number of ether oxygens (including phenoxy) is 1. The fraction of sp³-hybridized carbons (Fsp3) is 0.684. The molecule has 2 N–H and O–H groups in total. The molecule has 1 unspecified atom stereocenters. The first kappa shape index (κ1) is 30.3. The van der Waals surface area contributed by atoms with Crippen molar-refractivity contribution in [2.75, 3.05) is 38.8 Å². The number of alkyl halides is 6. The van der Waals surface area contributed by atoms with E-state index in [1.807, 2.05) is 0 Å². The molecule has 3 heterocycles. The predicted molar refractivity (Wildman–Crippen MR) is 106 cm³/mol. The number of methoxy groups -OCH3 is 1. The second-order valence-corrected chi connectivity index (χ2v) is 7.78. The topological polar surface area (TPSA) is 116 Å². The van der Waals surface area contributed by atoms with E-state index in [0.29, 0.717) is 17.5 Å². The number of piperidine rings is 1. The average molecular weight is 522 g/mol. The second kappa shape index (κ2) is 12.3. The summed E-state index contributed by atoms with van der Waals surface area (Å²) in [5, 5.41) is 14.2. The summed E-state index contributed by atoms with van der Waals surface area (Å²) in [4.78, 5) is 30.6. The van der Waals surface area contributed by atoms with Crippen molar-refractivity contribution < 1.29 is 55.3 Å². The van der Waals surface area contributed by atoms with Gasteiger partial charge in [-0.2, -0.15) is 26.3 Å². The Bertz CT molecular complexity index is 804. The summed E-state index contributed by atoms with van der Waals surface area (Å²) in [5.41, 5.74) is 0.291. The highest BCUT2D eigenvalue weighted by Crippen LogP contribution is 2.40. The lowest BCUT2D eigenvalue weighted by Gasteiger charge is -2.45. The molecule has 200 valence electrons. The number of likely N-dealkylation sites (N-methyl/N-ethyl adjacent to an activating group) is 1. The first-order valence-corrected chi connectivity index (χ1v) is 10.1. The Morgan fingerprint density at radius 2 is 1.46 bits per heavy atom. The van der Waals surface area contributed by atoms with E-state index in [1.165, 1.54) is 25.2 Å². The summed E-state index contributed by atoms with van der Waals surface area (Å²) >= 11 is 0. The highest BCUT2D eigenvalue weighted by molar-refractivity contribution is 5.73. The minimum Gasteiger partial charge on any atom is -0.475 e. The first-order valence-electron chi connectivity index (χ1n) is 10.1. The molecule has 2 aliphatic heterocycles. The first-order chi connectivity index (χ1) is 16.0. The molecule has 9 nitrogen and oxygen atoms in total. The number of hydrogen-bond donors (Lipinski definition) is 2. The number of aliphatic carboxylic acids is 2. The van der Waals surface area contributed by atoms with Gasteiger partial charge in [-0.05, 0) is 32.7 Å². The zero-order valence-electron chi connectivity index (χ0n) is 18.7. The van der Waals surface area contributed by atoms with Crippen molar-refractivity contribution in [2.45, 2.75) is 49.6 Å². The van der Waals surface area contributed by atoms with E-state index >= 15 is 0 Å². The Morgan fingerprint density at radius 3 is 1.83 bits per heavy atom. The standard InChI is InChI=1S/C15H23FN4O.2C2HF3O2/c1-19-13(11-21-2)3-4-15(19)5-7-20(8-6-15)14-17-9-12(16)10-18-14;2*3-2(4,5)1(6)7/h9-10,13H,3-8,11H2,1-2H3;2*(H,6,7). The number of nitrogens with zero attached hydrogens (tertiary/aromatic N) is 4. The third kappa shape index (κ3) is 9.08. The average Bonchev–Trinajstić information content (AvgIpc) is 3.05. The maximum atomic E-state index is 12.9. The van der Waals surface area contributed by atoms with E-state index in [1.54, 1.807) is 7.11 Å². The molecular weight excluding hydrogens is 497 g/mol. The lowest BCUT2D eigenvalue weighted by Crippen LogP contribution is -2.53. The number of carboxylic acid groups (broad SMARTS) is 2. The van der Waals surface area contributed by atoms with Gasteiger partial charge in [0.25, 0.3) is 0 Å². The van der Waals surface area contributed by atoms with Crippen LogP contribution >= 0.6 is 0 Å². The van der Waals surface area contributed by atoms with Crippen LogP contribution in [0.5, 0.6) is 0 Å². The van der Waals surface area contributed by atoms with Gasteiger partial charge in [0.1, 0.15) is 0 Å². The fourth-order valence-corrected chi connectivity index (χ4v) is 3.77. The molecule has 2 fully saturated rings. The quantitative estimate of drug-likeness (QED) is 0.578. The van der Waals surface area contributed by atoms with Gasteiger partial charge in [-0.3, -0.25) is 4.90 Å². The van der Waals surface area contributed by atoms with Crippen LogP contribution in [0.15, 0.2) is 12.4 Å². The van der Waals surface area contributed by atoms with Crippen LogP contribution in [0.2, 0.25) is 0 Å². The zero-order valence-corrected chi connectivity index (χ0v) is 18.7. The van der Waals surface area contributed by atoms with Crippen LogP contribution in [0.1, 0.15) is 25.7 Å². The molecule has 0 aliphatic carbocycles. The number of halogens is 7. The van der Waals surface area contributed by atoms with Crippen molar-refractivity contribution in [3.05, 3.63) is 18.2 Å². The molecule has 2 aliphatic rings. The molecule has 0 aromatic carbocycles. The van der Waals surface area contributed by atoms with Crippen molar-refractivity contribution in [1.29, 1.82) is 0 Å². The summed E-state index contributed by atoms with van der Waals surface area (Å²) in [6.07, 6.45) is -3.05. The smallest absolute Gasteiger partial charge is 0.475 e. The van der Waals surface area contributed by atoms with Gasteiger partial charge >= 0.3 is 24.3 Å². The molecule has 3 rings (SSSR count). The van der Waals surface area contributed by atoms with Crippen LogP contribution in [0.3, 0.4) is 0 Å². The molecule has 16 heteroatoms. The van der Waals surface area contributed by atoms with E-state index in [2.05, 4.69) is 26.8 Å². The number of aromatic nitrogens is 2. The van der Waals surface area contributed by atoms with Gasteiger partial charge in [0.05, 0.1) is 19.0 Å². The van der Waals surface area contributed by atoms with E-state index in [9.17, 15) is 30.7 Å². The van der Waals surface area contributed by atoms with Gasteiger partial charge in [-0.25, -0.2) is 23.9 Å². The van der Waals surface area contributed by atoms with Crippen LogP contribution < -0.4 is 4.90 Å². The highest BCUT2D eigenvalue weighted by Gasteiger charge is 2.45. The molecule has 1 spiro atoms. The molecule has 0 saturated carbocycles. The molecule has 0 amide bonds. The number of rotatable bonds is 3. The van der Waals surface area contributed by atoms with Crippen molar-refractivity contribution >= 4 is 17.9 Å². The third-order valence-electron chi connectivity index (χ3n) is 5.67. The van der Waals surface area contributed by atoms with Gasteiger partial charge in [-0.1, -0.05) is 0 Å². The van der Waals surface area contributed by atoms with Crippen molar-refractivity contribution in [1.82, 2.24) is 14.9 Å². The molecule has 1 aromatic rings. The molecule has 0 bridgehead atoms. The zero-order chi connectivity index (χ0) is 27.0. The summed E-state index contributed by atoms with van der Waals surface area (Å²) in [6, 6.07) is 0.531. The van der Waals surface area contributed by atoms with Crippen LogP contribution in [-0.4, -0.2) is 94.8 Å². The van der Waals surface area contributed by atoms with E-state index in [4.69, 9.17) is 24.5 Å². The predicted octanol–water partition coefficient (Wildman–Crippen LogP) is 2.96. The molecular formula is C19H25F7N4O5. The number of likely N-dealkylation sites (tertiary alicyclic amines) is 1. The highest BCUT2D eigenvalue weighted by atomic mass is 19.4. The third-order valence-corrected chi connectivity index (χ3v) is 5.67. The Kier molecular flexibility index (Phi) is 10.6. The number of carboxylic acids is 2. The van der Waals surface area contributed by atoms with Crippen LogP contribution in [-0.2, 0) is 14.3 Å². The molecule has 2 saturated heterocycles. The SMILES string of the molecule is COCC1CCC2(CCN(c3ncc(F)cn3)CC2)N1C.O=C(O)C(F)(F)F.O=C(O)C(F)(F)F. The van der Waals surface area contributed by atoms with Gasteiger partial charge < -0.3 is 19.8 Å². The van der Waals surface area contributed by atoms with Crippen LogP contribution in [0.25, 0.3) is 0 Å². The summed E-state index contributed by atoms with van der Waals surface area (Å²) in [7, 11) is 3.99. The Hall–Kier alpha value is -2.75. The summed E-state index contributed by atoms with van der Waals surface area (Å²) in [5.74, 6) is -5.26. The summed E-state index contributed by atoms with van der Waals surface area (Å²) < 4.78 is 81.7. The van der Waals surface area contributed by atoms with Gasteiger partial charge in [-0.15, -0.1) is 0 Å². The minimum atomic E-state index is -5.08. The normalized spacial score (nSPS) is 19.9. The lowest BCUT2D eigenvalue weighted by molar-refractivity contribution is -0.193. The second-order valence-electron chi connectivity index (χ2n) is 7.78. The largest absolute Gasteiger partial charge is 0.490 e. The lowest BCUT2D eigenvalue weighted by atomic mass is 9.85. The van der Waals surface area contributed by atoms with Crippen molar-refractivity contribution in [3.63, 3.8) is 0 Å². The van der Waals surface area contributed by atoms with Gasteiger partial charge in [0.2, 0.25) is 5.95 Å². The van der Waals surface area contributed by atoms with Crippen molar-refractivity contribution in [2.24, 2.45) is 0 Å². The molecule has 1 aromatic heterocycles. The maximum absolute atomic E-state index is 12.9. The number of carbonyl (C=O) groups is 2. The van der Waals surface area contributed by atoms with E-state index < -0.39 is 24.3 Å². The molecule has 0 radical (unpaired) electrons. The van der Waals surface area contributed by atoms with Crippen molar-refractivity contribution in [3.8, 4) is 0 Å². The number of hydrogen-bond acceptors (Lipinski definition) is 7. The Morgan fingerprint density at radius 1 is 1.03 bits per heavy atom. The van der Waals surface area contributed by atoms with E-state index in [0.717, 1.165) is 32.5 Å². The molecule has 35 heavy (non-hydrogen) atoms. The molecule has 1 atom stereocenters.